The van der Waals surface area contributed by atoms with Crippen molar-refractivity contribution in [3.63, 3.8) is 0 Å². The van der Waals surface area contributed by atoms with E-state index in [1.807, 2.05) is 4.90 Å². The Morgan fingerprint density at radius 3 is 2.21 bits per heavy atom. The normalized spacial score (nSPS) is 15.8. The number of alkyl halides is 3. The quantitative estimate of drug-likeness (QED) is 0.754. The number of benzene rings is 2. The van der Waals surface area contributed by atoms with Crippen molar-refractivity contribution in [2.45, 2.75) is 19.2 Å². The van der Waals surface area contributed by atoms with Gasteiger partial charge in [0.05, 0.1) is 12.7 Å². The second-order valence-electron chi connectivity index (χ2n) is 6.80. The van der Waals surface area contributed by atoms with Crippen LogP contribution in [0.2, 0.25) is 0 Å². The van der Waals surface area contributed by atoms with Gasteiger partial charge in [0.15, 0.2) is 6.10 Å². The number of amides is 1. The lowest BCUT2D eigenvalue weighted by Crippen LogP contribution is -2.52. The molecule has 0 aliphatic carbocycles. The summed E-state index contributed by atoms with van der Waals surface area (Å²) in [5.74, 6) is 1.11. The zero-order chi connectivity index (χ0) is 21.0. The number of ether oxygens (including phenoxy) is 2. The highest BCUT2D eigenvalue weighted by Crippen LogP contribution is 2.32. The molecule has 1 atom stereocenters. The molecule has 8 heteroatoms. The van der Waals surface area contributed by atoms with Gasteiger partial charge in [-0.05, 0) is 49.4 Å². The molecule has 1 saturated heterocycles. The van der Waals surface area contributed by atoms with Crippen molar-refractivity contribution < 1.29 is 27.4 Å². The maximum absolute atomic E-state index is 12.9. The summed E-state index contributed by atoms with van der Waals surface area (Å²) >= 11 is 0. The first-order valence-corrected chi connectivity index (χ1v) is 9.29. The Labute approximate surface area is 167 Å². The number of nitrogens with zero attached hydrogens (tertiary/aromatic N) is 2. The molecule has 29 heavy (non-hydrogen) atoms. The highest BCUT2D eigenvalue weighted by atomic mass is 19.4. The molecule has 0 saturated carbocycles. The lowest BCUT2D eigenvalue weighted by atomic mass is 10.1. The Kier molecular flexibility index (Phi) is 6.20. The molecule has 0 N–H and O–H groups in total. The van der Waals surface area contributed by atoms with Gasteiger partial charge in [0.1, 0.15) is 11.5 Å². The maximum atomic E-state index is 12.9. The lowest BCUT2D eigenvalue weighted by Gasteiger charge is -2.37. The number of hydrogen-bond acceptors (Lipinski definition) is 4. The molecule has 1 fully saturated rings. The minimum Gasteiger partial charge on any atom is -0.497 e. The third kappa shape index (κ3) is 5.13. The number of piperazine rings is 1. The molecule has 0 unspecified atom stereocenters. The van der Waals surface area contributed by atoms with Gasteiger partial charge >= 0.3 is 6.18 Å². The topological polar surface area (TPSA) is 42.0 Å². The first kappa shape index (κ1) is 20.8. The average molecular weight is 408 g/mol. The van der Waals surface area contributed by atoms with E-state index in [2.05, 4.69) is 0 Å². The van der Waals surface area contributed by atoms with Gasteiger partial charge in [0.2, 0.25) is 0 Å². The van der Waals surface area contributed by atoms with Crippen LogP contribution >= 0.6 is 0 Å². The van der Waals surface area contributed by atoms with Crippen LogP contribution in [0.25, 0.3) is 0 Å². The Hall–Kier alpha value is -2.90. The lowest BCUT2D eigenvalue weighted by molar-refractivity contribution is -0.138. The fourth-order valence-electron chi connectivity index (χ4n) is 3.23. The zero-order valence-electron chi connectivity index (χ0n) is 16.3. The molecule has 1 aliphatic heterocycles. The van der Waals surface area contributed by atoms with Gasteiger partial charge in [-0.15, -0.1) is 0 Å². The largest absolute Gasteiger partial charge is 0.497 e. The number of hydrogen-bond donors (Lipinski definition) is 0. The van der Waals surface area contributed by atoms with Crippen LogP contribution in [0.3, 0.4) is 0 Å². The molecule has 1 amide bonds. The number of carbonyl (C=O) groups is 1. The summed E-state index contributed by atoms with van der Waals surface area (Å²) in [6.45, 7) is 3.45. The van der Waals surface area contributed by atoms with E-state index in [4.69, 9.17) is 9.47 Å². The molecule has 0 spiro atoms. The monoisotopic (exact) mass is 408 g/mol. The highest BCUT2D eigenvalue weighted by molar-refractivity contribution is 5.81. The third-order valence-electron chi connectivity index (χ3n) is 4.85. The van der Waals surface area contributed by atoms with Crippen LogP contribution in [0.5, 0.6) is 11.5 Å². The fourth-order valence-corrected chi connectivity index (χ4v) is 3.23. The minimum absolute atomic E-state index is 0.149. The Morgan fingerprint density at radius 1 is 1.00 bits per heavy atom. The Morgan fingerprint density at radius 2 is 1.62 bits per heavy atom. The van der Waals surface area contributed by atoms with Crippen molar-refractivity contribution in [2.75, 3.05) is 38.2 Å². The van der Waals surface area contributed by atoms with Crippen molar-refractivity contribution in [3.05, 3.63) is 54.1 Å². The number of halogens is 3. The summed E-state index contributed by atoms with van der Waals surface area (Å²) in [6, 6.07) is 12.2. The summed E-state index contributed by atoms with van der Waals surface area (Å²) in [5.41, 5.74) is -0.163. The van der Waals surface area contributed by atoms with Gasteiger partial charge in [-0.1, -0.05) is 6.07 Å². The molecule has 5 nitrogen and oxygen atoms in total. The standard InChI is InChI=1S/C21H23F3N2O3/c1-15(29-19-8-6-18(28-2)7-9-19)20(27)26-12-10-25(11-13-26)17-5-3-4-16(14-17)21(22,23)24/h3-9,14-15H,10-13H2,1-2H3/t15-/m1/s1. The van der Waals surface area contributed by atoms with Crippen LogP contribution in [-0.4, -0.2) is 50.2 Å². The third-order valence-corrected chi connectivity index (χ3v) is 4.85. The van der Waals surface area contributed by atoms with Crippen molar-refractivity contribution in [1.29, 1.82) is 0 Å². The van der Waals surface area contributed by atoms with Crippen LogP contribution in [0, 0.1) is 0 Å². The zero-order valence-corrected chi connectivity index (χ0v) is 16.3. The van der Waals surface area contributed by atoms with E-state index in [0.717, 1.165) is 12.1 Å². The van der Waals surface area contributed by atoms with E-state index >= 15 is 0 Å². The molecule has 2 aromatic rings. The van der Waals surface area contributed by atoms with E-state index in [9.17, 15) is 18.0 Å². The maximum Gasteiger partial charge on any atom is 0.416 e. The first-order chi connectivity index (χ1) is 13.8. The van der Waals surface area contributed by atoms with Crippen molar-refractivity contribution in [2.24, 2.45) is 0 Å². The molecule has 156 valence electrons. The average Bonchev–Trinajstić information content (AvgIpc) is 2.73. The van der Waals surface area contributed by atoms with Crippen LogP contribution in [0.4, 0.5) is 18.9 Å². The Balaban J connectivity index is 1.56. The minimum atomic E-state index is -4.37. The van der Waals surface area contributed by atoms with Gasteiger partial charge in [-0.3, -0.25) is 4.79 Å². The molecular formula is C21H23F3N2O3. The molecule has 1 heterocycles. The van der Waals surface area contributed by atoms with Crippen molar-refractivity contribution in [3.8, 4) is 11.5 Å². The number of methoxy groups -OCH3 is 1. The predicted octanol–water partition coefficient (Wildman–Crippen LogP) is 3.83. The van der Waals surface area contributed by atoms with Crippen LogP contribution in [0.1, 0.15) is 12.5 Å². The van der Waals surface area contributed by atoms with E-state index < -0.39 is 17.8 Å². The van der Waals surface area contributed by atoms with E-state index in [1.165, 1.54) is 6.07 Å². The molecule has 2 aromatic carbocycles. The van der Waals surface area contributed by atoms with Gasteiger partial charge in [-0.25, -0.2) is 0 Å². The molecule has 3 rings (SSSR count). The fraction of sp³-hybridized carbons (Fsp3) is 0.381. The Bertz CT molecular complexity index is 832. The van der Waals surface area contributed by atoms with Crippen molar-refractivity contribution in [1.82, 2.24) is 4.90 Å². The van der Waals surface area contributed by atoms with Crippen molar-refractivity contribution >= 4 is 11.6 Å². The molecule has 0 radical (unpaired) electrons. The van der Waals surface area contributed by atoms with Crippen LogP contribution < -0.4 is 14.4 Å². The number of rotatable bonds is 5. The summed E-state index contributed by atoms with van der Waals surface area (Å²) < 4.78 is 49.6. The molecule has 1 aliphatic rings. The van der Waals surface area contributed by atoms with Gasteiger partial charge in [0.25, 0.3) is 5.91 Å². The molecular weight excluding hydrogens is 385 g/mol. The van der Waals surface area contributed by atoms with Gasteiger partial charge in [0, 0.05) is 31.9 Å². The highest BCUT2D eigenvalue weighted by Gasteiger charge is 2.31. The van der Waals surface area contributed by atoms with Gasteiger partial charge in [-0.2, -0.15) is 13.2 Å². The summed E-state index contributed by atoms with van der Waals surface area (Å²) in [6.07, 6.45) is -5.04. The van der Waals surface area contributed by atoms with E-state index in [-0.39, 0.29) is 5.91 Å². The van der Waals surface area contributed by atoms with E-state index in [1.54, 1.807) is 49.3 Å². The second kappa shape index (κ2) is 8.63. The van der Waals surface area contributed by atoms with Gasteiger partial charge < -0.3 is 19.3 Å². The summed E-state index contributed by atoms with van der Waals surface area (Å²) in [4.78, 5) is 16.2. The predicted molar refractivity (Wildman–Crippen MR) is 103 cm³/mol. The number of carbonyl (C=O) groups excluding carboxylic acids is 1. The summed E-state index contributed by atoms with van der Waals surface area (Å²) in [7, 11) is 1.57. The number of anilines is 1. The van der Waals surface area contributed by atoms with Crippen LogP contribution in [0.15, 0.2) is 48.5 Å². The van der Waals surface area contributed by atoms with Crippen LogP contribution in [-0.2, 0) is 11.0 Å². The second-order valence-corrected chi connectivity index (χ2v) is 6.80. The SMILES string of the molecule is COc1ccc(O[C@H](C)C(=O)N2CCN(c3cccc(C(F)(F)F)c3)CC2)cc1. The smallest absolute Gasteiger partial charge is 0.416 e. The summed E-state index contributed by atoms with van der Waals surface area (Å²) in [5, 5.41) is 0. The first-order valence-electron chi connectivity index (χ1n) is 9.29. The molecule has 0 bridgehead atoms. The molecule has 0 aromatic heterocycles. The van der Waals surface area contributed by atoms with E-state index in [0.29, 0.717) is 43.4 Å².